The molecule has 0 atom stereocenters. The minimum absolute atomic E-state index is 0.272. The second kappa shape index (κ2) is 5.67. The van der Waals surface area contributed by atoms with Crippen molar-refractivity contribution in [3.63, 3.8) is 0 Å². The zero-order valence-corrected chi connectivity index (χ0v) is 12.8. The van der Waals surface area contributed by atoms with Crippen molar-refractivity contribution in [2.75, 3.05) is 20.8 Å². The van der Waals surface area contributed by atoms with E-state index in [0.29, 0.717) is 28.1 Å². The number of methoxy groups -OCH3 is 2. The van der Waals surface area contributed by atoms with Gasteiger partial charge in [0.2, 0.25) is 0 Å². The van der Waals surface area contributed by atoms with Crippen molar-refractivity contribution in [2.45, 2.75) is 31.1 Å². The van der Waals surface area contributed by atoms with Gasteiger partial charge < -0.3 is 15.2 Å². The van der Waals surface area contributed by atoms with Crippen LogP contribution in [0.3, 0.4) is 0 Å². The van der Waals surface area contributed by atoms with E-state index in [1.807, 2.05) is 0 Å². The lowest BCUT2D eigenvalue weighted by Gasteiger charge is -2.29. The molecule has 1 aliphatic carbocycles. The van der Waals surface area contributed by atoms with Gasteiger partial charge in [-0.1, -0.05) is 12.8 Å². The molecule has 1 aromatic carbocycles. The summed E-state index contributed by atoms with van der Waals surface area (Å²) in [5.74, 6) is 0.629. The Morgan fingerprint density at radius 2 is 1.95 bits per heavy atom. The van der Waals surface area contributed by atoms with Crippen molar-refractivity contribution >= 4 is 15.9 Å². The number of halogens is 2. The van der Waals surface area contributed by atoms with E-state index in [2.05, 4.69) is 15.9 Å². The van der Waals surface area contributed by atoms with Crippen LogP contribution in [-0.4, -0.2) is 20.8 Å². The highest BCUT2D eigenvalue weighted by Gasteiger charge is 2.38. The van der Waals surface area contributed by atoms with Gasteiger partial charge in [0.05, 0.1) is 18.7 Å². The van der Waals surface area contributed by atoms with E-state index < -0.39 is 0 Å². The lowest BCUT2D eigenvalue weighted by atomic mass is 9.78. The molecule has 0 aromatic heterocycles. The number of rotatable bonds is 4. The van der Waals surface area contributed by atoms with Gasteiger partial charge in [-0.25, -0.2) is 4.39 Å². The second-order valence-corrected chi connectivity index (χ2v) is 5.77. The molecule has 0 heterocycles. The molecule has 0 spiro atoms. The highest BCUT2D eigenvalue weighted by Crippen LogP contribution is 2.47. The van der Waals surface area contributed by atoms with Crippen LogP contribution in [0.5, 0.6) is 11.5 Å². The summed E-state index contributed by atoms with van der Waals surface area (Å²) in [6.45, 7) is 0.450. The Balaban J connectivity index is 2.60. The Kier molecular flexibility index (Phi) is 4.36. The number of benzene rings is 1. The predicted molar refractivity (Wildman–Crippen MR) is 76.4 cm³/mol. The minimum atomic E-state index is -0.287. The Hall–Kier alpha value is -0.810. The maximum absolute atomic E-state index is 14.6. The van der Waals surface area contributed by atoms with Crippen LogP contribution < -0.4 is 15.2 Å². The first-order valence-corrected chi connectivity index (χ1v) is 7.19. The molecule has 5 heteroatoms. The van der Waals surface area contributed by atoms with Crippen LogP contribution in [-0.2, 0) is 5.41 Å². The summed E-state index contributed by atoms with van der Waals surface area (Å²) < 4.78 is 25.4. The average molecular weight is 332 g/mol. The van der Waals surface area contributed by atoms with Gasteiger partial charge in [-0.3, -0.25) is 0 Å². The molecule has 106 valence electrons. The molecule has 1 aromatic rings. The summed E-state index contributed by atoms with van der Waals surface area (Å²) in [5, 5.41) is 0. The number of nitrogens with two attached hydrogens (primary N) is 1. The Morgan fingerprint density at radius 3 is 2.42 bits per heavy atom. The van der Waals surface area contributed by atoms with Crippen molar-refractivity contribution in [1.82, 2.24) is 0 Å². The SMILES string of the molecule is COc1cc(C2(CN)CCCC2)c(F)c(Br)c1OC. The first kappa shape index (κ1) is 14.6. The van der Waals surface area contributed by atoms with Gasteiger partial charge in [-0.05, 0) is 34.8 Å². The third-order valence-electron chi connectivity index (χ3n) is 4.07. The molecule has 3 nitrogen and oxygen atoms in total. The van der Waals surface area contributed by atoms with Crippen LogP contribution in [0.25, 0.3) is 0 Å². The lowest BCUT2D eigenvalue weighted by molar-refractivity contribution is 0.343. The Bertz CT molecular complexity index is 473. The molecule has 0 unspecified atom stereocenters. The van der Waals surface area contributed by atoms with E-state index >= 15 is 0 Å². The summed E-state index contributed by atoms with van der Waals surface area (Å²) >= 11 is 3.26. The van der Waals surface area contributed by atoms with Crippen LogP contribution in [0.1, 0.15) is 31.2 Å². The topological polar surface area (TPSA) is 44.5 Å². The van der Waals surface area contributed by atoms with Crippen molar-refractivity contribution in [3.8, 4) is 11.5 Å². The summed E-state index contributed by atoms with van der Waals surface area (Å²) in [6.07, 6.45) is 4.01. The minimum Gasteiger partial charge on any atom is -0.493 e. The molecule has 0 saturated heterocycles. The van der Waals surface area contributed by atoms with Gasteiger partial charge in [-0.15, -0.1) is 0 Å². The maximum atomic E-state index is 14.6. The van der Waals surface area contributed by atoms with Crippen LogP contribution in [0.2, 0.25) is 0 Å². The number of hydrogen-bond acceptors (Lipinski definition) is 3. The fourth-order valence-electron chi connectivity index (χ4n) is 2.95. The molecule has 19 heavy (non-hydrogen) atoms. The molecule has 1 aliphatic rings. The lowest BCUT2D eigenvalue weighted by Crippen LogP contribution is -2.33. The molecular formula is C14H19BrFNO2. The first-order chi connectivity index (χ1) is 9.09. The van der Waals surface area contributed by atoms with Crippen LogP contribution >= 0.6 is 15.9 Å². The zero-order chi connectivity index (χ0) is 14.0. The first-order valence-electron chi connectivity index (χ1n) is 6.40. The van der Waals surface area contributed by atoms with Crippen LogP contribution in [0.15, 0.2) is 10.5 Å². The number of hydrogen-bond donors (Lipinski definition) is 1. The van der Waals surface area contributed by atoms with E-state index in [9.17, 15) is 4.39 Å². The molecule has 0 radical (unpaired) electrons. The smallest absolute Gasteiger partial charge is 0.177 e. The molecular weight excluding hydrogens is 313 g/mol. The van der Waals surface area contributed by atoms with E-state index in [1.165, 1.54) is 7.11 Å². The van der Waals surface area contributed by atoms with Crippen molar-refractivity contribution in [3.05, 3.63) is 21.9 Å². The summed E-state index contributed by atoms with van der Waals surface area (Å²) in [6, 6.07) is 1.73. The van der Waals surface area contributed by atoms with Gasteiger partial charge in [-0.2, -0.15) is 0 Å². The summed E-state index contributed by atoms with van der Waals surface area (Å²) in [4.78, 5) is 0. The average Bonchev–Trinajstić information content (AvgIpc) is 2.91. The second-order valence-electron chi connectivity index (χ2n) is 4.98. The van der Waals surface area contributed by atoms with Gasteiger partial charge in [0, 0.05) is 17.5 Å². The third kappa shape index (κ3) is 2.34. The largest absolute Gasteiger partial charge is 0.493 e. The molecule has 0 bridgehead atoms. The van der Waals surface area contributed by atoms with Gasteiger partial charge in [0.1, 0.15) is 5.82 Å². The predicted octanol–water partition coefficient (Wildman–Crippen LogP) is 3.38. The summed E-state index contributed by atoms with van der Waals surface area (Å²) in [7, 11) is 3.05. The van der Waals surface area contributed by atoms with E-state index in [-0.39, 0.29) is 11.2 Å². The molecule has 2 N–H and O–H groups in total. The highest BCUT2D eigenvalue weighted by molar-refractivity contribution is 9.10. The van der Waals surface area contributed by atoms with Gasteiger partial charge >= 0.3 is 0 Å². The molecule has 0 amide bonds. The van der Waals surface area contributed by atoms with E-state index in [0.717, 1.165) is 25.7 Å². The van der Waals surface area contributed by atoms with Gasteiger partial charge in [0.15, 0.2) is 11.5 Å². The molecule has 1 fully saturated rings. The fourth-order valence-corrected chi connectivity index (χ4v) is 3.52. The molecule has 2 rings (SSSR count). The molecule has 1 saturated carbocycles. The Morgan fingerprint density at radius 1 is 1.32 bits per heavy atom. The number of ether oxygens (including phenoxy) is 2. The van der Waals surface area contributed by atoms with Gasteiger partial charge in [0.25, 0.3) is 0 Å². The summed E-state index contributed by atoms with van der Waals surface area (Å²) in [5.41, 5.74) is 6.29. The normalized spacial score (nSPS) is 17.5. The standard InChI is InChI=1S/C14H19BrFNO2/c1-18-10-7-9(12(16)11(15)13(10)19-2)14(8-17)5-3-4-6-14/h7H,3-6,8,17H2,1-2H3. The van der Waals surface area contributed by atoms with Crippen LogP contribution in [0.4, 0.5) is 4.39 Å². The quantitative estimate of drug-likeness (QED) is 0.919. The zero-order valence-electron chi connectivity index (χ0n) is 11.3. The highest BCUT2D eigenvalue weighted by atomic mass is 79.9. The Labute approximate surface area is 121 Å². The molecule has 0 aliphatic heterocycles. The third-order valence-corrected chi connectivity index (χ3v) is 4.78. The van der Waals surface area contributed by atoms with Crippen molar-refractivity contribution in [1.29, 1.82) is 0 Å². The van der Waals surface area contributed by atoms with Crippen LogP contribution in [0, 0.1) is 5.82 Å². The maximum Gasteiger partial charge on any atom is 0.177 e. The van der Waals surface area contributed by atoms with Crippen molar-refractivity contribution < 1.29 is 13.9 Å². The van der Waals surface area contributed by atoms with E-state index in [4.69, 9.17) is 15.2 Å². The van der Waals surface area contributed by atoms with E-state index in [1.54, 1.807) is 13.2 Å². The fraction of sp³-hybridized carbons (Fsp3) is 0.571. The van der Waals surface area contributed by atoms with Crippen molar-refractivity contribution in [2.24, 2.45) is 5.73 Å². The monoisotopic (exact) mass is 331 g/mol.